The number of nitrogens with two attached hydrogens (primary N) is 2. The molecule has 0 radical (unpaired) electrons. The van der Waals surface area contributed by atoms with E-state index in [0.29, 0.717) is 4.99 Å². The maximum Gasteiger partial charge on any atom is 0.176 e. The number of benzene rings is 2. The van der Waals surface area contributed by atoms with Crippen LogP contribution in [0.2, 0.25) is 0 Å². The number of ketones is 1. The van der Waals surface area contributed by atoms with E-state index in [-0.39, 0.29) is 18.4 Å². The fourth-order valence-electron chi connectivity index (χ4n) is 3.00. The van der Waals surface area contributed by atoms with Crippen LogP contribution < -0.4 is 16.9 Å². The molecule has 2 aromatic carbocycles. The topological polar surface area (TPSA) is 93.5 Å². The fraction of sp³-hybridized carbons (Fsp3) is 0.273. The van der Waals surface area contributed by atoms with Crippen LogP contribution in [0, 0.1) is 27.7 Å². The molecule has 1 heterocycles. The number of hydrazone groups is 1. The molecule has 0 spiro atoms. The van der Waals surface area contributed by atoms with Gasteiger partial charge in [-0.2, -0.15) is 5.10 Å². The summed E-state index contributed by atoms with van der Waals surface area (Å²) in [5, 5.41) is 4.15. The second-order valence-corrected chi connectivity index (χ2v) is 8.02. The van der Waals surface area contributed by atoms with Gasteiger partial charge in [0.25, 0.3) is 0 Å². The highest BCUT2D eigenvalue weighted by molar-refractivity contribution is 7.93. The number of hydrogen-bond acceptors (Lipinski definition) is 7. The van der Waals surface area contributed by atoms with E-state index < -0.39 is 0 Å². The Morgan fingerprint density at radius 3 is 1.80 bits per heavy atom. The lowest BCUT2D eigenvalue weighted by molar-refractivity contribution is 0.100. The third-order valence-corrected chi connectivity index (χ3v) is 4.46. The number of rotatable bonds is 3. The van der Waals surface area contributed by atoms with Crippen LogP contribution in [0.15, 0.2) is 41.5 Å². The van der Waals surface area contributed by atoms with Crippen LogP contribution in [0.25, 0.3) is 0 Å². The van der Waals surface area contributed by atoms with E-state index in [2.05, 4.69) is 67.0 Å². The molecule has 3 rings (SSSR count). The van der Waals surface area contributed by atoms with Crippen LogP contribution in [0.4, 0.5) is 0 Å². The molecule has 8 heteroatoms. The number of aryl methyl sites for hydroxylation is 4. The molecular formula is C22H26N4OS3. The summed E-state index contributed by atoms with van der Waals surface area (Å²) in [6.45, 7) is 8.15. The van der Waals surface area contributed by atoms with Crippen molar-refractivity contribution < 1.29 is 4.79 Å². The number of Topliss-reactive ketones (excluding diaryl/α,β-unsaturated/α-hetero) is 1. The summed E-state index contributed by atoms with van der Waals surface area (Å²) in [6.07, 6.45) is 0. The van der Waals surface area contributed by atoms with Gasteiger partial charge >= 0.3 is 0 Å². The Bertz CT molecular complexity index is 955. The Morgan fingerprint density at radius 1 is 1.00 bits per heavy atom. The van der Waals surface area contributed by atoms with Crippen molar-refractivity contribution in [3.63, 3.8) is 0 Å². The van der Waals surface area contributed by atoms with E-state index >= 15 is 0 Å². The smallest absolute Gasteiger partial charge is 0.176 e. The molecule has 0 fully saturated rings. The minimum atomic E-state index is -0.277. The van der Waals surface area contributed by atoms with Gasteiger partial charge in [0.15, 0.2) is 5.78 Å². The fourth-order valence-corrected chi connectivity index (χ4v) is 3.16. The molecule has 0 aromatic heterocycles. The first-order valence-electron chi connectivity index (χ1n) is 9.15. The second-order valence-electron chi connectivity index (χ2n) is 6.91. The highest BCUT2D eigenvalue weighted by Crippen LogP contribution is 2.13. The maximum absolute atomic E-state index is 11.2. The van der Waals surface area contributed by atoms with Crippen LogP contribution in [0.5, 0.6) is 0 Å². The van der Waals surface area contributed by atoms with Crippen molar-refractivity contribution >= 4 is 57.5 Å². The highest BCUT2D eigenvalue weighted by atomic mass is 32.1. The Morgan fingerprint density at radius 2 is 1.43 bits per heavy atom. The van der Waals surface area contributed by atoms with E-state index in [0.717, 1.165) is 28.0 Å². The molecule has 5 N–H and O–H groups in total. The predicted molar refractivity (Wildman–Crippen MR) is 136 cm³/mol. The molecule has 1 unspecified atom stereocenters. The molecule has 30 heavy (non-hydrogen) atoms. The highest BCUT2D eigenvalue weighted by Gasteiger charge is 2.23. The molecule has 158 valence electrons. The summed E-state index contributed by atoms with van der Waals surface area (Å²) in [5.74, 6) is 0.00167. The molecule has 0 amide bonds. The van der Waals surface area contributed by atoms with Crippen LogP contribution in [-0.4, -0.2) is 33.4 Å². The molecule has 1 aliphatic rings. The van der Waals surface area contributed by atoms with E-state index in [4.69, 9.17) is 23.7 Å². The average molecular weight is 459 g/mol. The Hall–Kier alpha value is -2.19. The molecule has 0 saturated carbocycles. The van der Waals surface area contributed by atoms with Gasteiger partial charge in [-0.3, -0.25) is 10.2 Å². The van der Waals surface area contributed by atoms with Crippen molar-refractivity contribution in [1.82, 2.24) is 5.43 Å². The Balaban J connectivity index is 0.000000271. The molecule has 0 saturated heterocycles. The zero-order chi connectivity index (χ0) is 22.8. The number of nitrogens with zero attached hydrogens (tertiary/aromatic N) is 1. The van der Waals surface area contributed by atoms with Crippen molar-refractivity contribution in [3.8, 4) is 0 Å². The SMILES string of the molecule is Cc1cc(C)cc(C(=O)CN)c1.Cc1cc(C)cc(C2=NNC(=S)C2N)c1.S=C=S. The number of nitrogens with one attached hydrogen (secondary N) is 1. The van der Waals surface area contributed by atoms with Crippen LogP contribution in [-0.2, 0) is 0 Å². The van der Waals surface area contributed by atoms with Crippen LogP contribution >= 0.6 is 36.7 Å². The molecule has 1 aliphatic heterocycles. The summed E-state index contributed by atoms with van der Waals surface area (Å²) in [4.78, 5) is 11.8. The third kappa shape index (κ3) is 7.91. The summed E-state index contributed by atoms with van der Waals surface area (Å²) in [5.41, 5.74) is 21.1. The molecule has 0 bridgehead atoms. The van der Waals surface area contributed by atoms with Gasteiger partial charge in [0.1, 0.15) is 11.0 Å². The standard InChI is InChI=1S/C11H13N3S.C10H13NO.CS2/c1-6-3-7(2)5-8(4-6)10-9(12)11(15)14-13-10;1-7-3-8(2)5-9(4-7)10(12)6-11;2-1-3/h3-5,9H,12H2,1-2H3,(H,14,15);3-5H,6,11H2,1-2H3;. The van der Waals surface area contributed by atoms with Crippen molar-refractivity contribution in [2.24, 2.45) is 16.6 Å². The lowest BCUT2D eigenvalue weighted by Crippen LogP contribution is -2.36. The number of carbonyl (C=O) groups is 1. The second kappa shape index (κ2) is 12.5. The van der Waals surface area contributed by atoms with Gasteiger partial charge in [-0.05, 0) is 64.3 Å². The number of hydrogen-bond donors (Lipinski definition) is 3. The molecular weight excluding hydrogens is 432 g/mol. The number of carbonyl (C=O) groups excluding carboxylic acids is 1. The molecule has 1 atom stereocenters. The monoisotopic (exact) mass is 458 g/mol. The van der Waals surface area contributed by atoms with Gasteiger partial charge in [0.05, 0.1) is 12.3 Å². The largest absolute Gasteiger partial charge is 0.324 e. The quantitative estimate of drug-likeness (QED) is 0.477. The van der Waals surface area contributed by atoms with Crippen molar-refractivity contribution in [3.05, 3.63) is 69.8 Å². The lowest BCUT2D eigenvalue weighted by atomic mass is 10.0. The van der Waals surface area contributed by atoms with Crippen molar-refractivity contribution in [2.75, 3.05) is 6.54 Å². The first-order valence-corrected chi connectivity index (χ1v) is 10.4. The van der Waals surface area contributed by atoms with Gasteiger partial charge in [0, 0.05) is 15.4 Å². The van der Waals surface area contributed by atoms with Crippen LogP contribution in [0.3, 0.4) is 0 Å². The third-order valence-electron chi connectivity index (χ3n) is 4.11. The Kier molecular flexibility index (Phi) is 10.8. The van der Waals surface area contributed by atoms with E-state index in [1.807, 2.05) is 36.4 Å². The Labute approximate surface area is 193 Å². The predicted octanol–water partition coefficient (Wildman–Crippen LogP) is 3.73. The molecule has 0 aliphatic carbocycles. The zero-order valence-electron chi connectivity index (χ0n) is 17.5. The van der Waals surface area contributed by atoms with Crippen LogP contribution in [0.1, 0.15) is 38.2 Å². The number of thiocarbonyl (C=S) groups is 3. The van der Waals surface area contributed by atoms with Gasteiger partial charge < -0.3 is 11.5 Å². The van der Waals surface area contributed by atoms with Crippen molar-refractivity contribution in [2.45, 2.75) is 33.7 Å². The summed E-state index contributed by atoms with van der Waals surface area (Å²) < 4.78 is 1.92. The normalized spacial score (nSPS) is 14.3. The summed E-state index contributed by atoms with van der Waals surface area (Å²) in [7, 11) is 0. The first kappa shape index (κ1) is 25.8. The summed E-state index contributed by atoms with van der Waals surface area (Å²) >= 11 is 13.0. The van der Waals surface area contributed by atoms with E-state index in [1.165, 1.54) is 11.1 Å². The average Bonchev–Trinajstić information content (AvgIpc) is 2.99. The van der Waals surface area contributed by atoms with Gasteiger partial charge in [-0.1, -0.05) is 58.7 Å². The van der Waals surface area contributed by atoms with E-state index in [9.17, 15) is 4.79 Å². The van der Waals surface area contributed by atoms with Gasteiger partial charge in [-0.25, -0.2) is 0 Å². The van der Waals surface area contributed by atoms with Crippen molar-refractivity contribution in [1.29, 1.82) is 0 Å². The van der Waals surface area contributed by atoms with E-state index in [1.54, 1.807) is 0 Å². The minimum Gasteiger partial charge on any atom is -0.324 e. The molecule has 5 nitrogen and oxygen atoms in total. The first-order chi connectivity index (χ1) is 14.1. The lowest BCUT2D eigenvalue weighted by Gasteiger charge is -2.08. The summed E-state index contributed by atoms with van der Waals surface area (Å²) in [6, 6.07) is 11.7. The molecule has 2 aromatic rings. The van der Waals surface area contributed by atoms with Gasteiger partial charge in [0.2, 0.25) is 0 Å². The maximum atomic E-state index is 11.2. The zero-order valence-corrected chi connectivity index (χ0v) is 19.9. The van der Waals surface area contributed by atoms with Gasteiger partial charge in [-0.15, -0.1) is 0 Å². The minimum absolute atomic E-state index is 0.00167.